The van der Waals surface area contributed by atoms with Crippen LogP contribution in [0.1, 0.15) is 6.42 Å². The van der Waals surface area contributed by atoms with E-state index in [-0.39, 0.29) is 5.78 Å². The second kappa shape index (κ2) is 3.40. The van der Waals surface area contributed by atoms with Crippen molar-refractivity contribution in [2.45, 2.75) is 6.42 Å². The molecule has 0 saturated heterocycles. The van der Waals surface area contributed by atoms with Gasteiger partial charge in [0, 0.05) is 0 Å². The number of fused-ring (bicyclic) bond motifs is 2. The fraction of sp³-hybridized carbons (Fsp3) is 0.0833. The molecule has 2 rings (SSSR count). The standard InChI is InChI=1S/C12H10O/c13-12-7-3-6-10-4-1-2-5-11(8-10)9-12/h1-7,9H,8H2. The van der Waals surface area contributed by atoms with Gasteiger partial charge in [-0.1, -0.05) is 36.5 Å². The number of carbonyl (C=O) groups excluding carboxylic acids is 1. The van der Waals surface area contributed by atoms with Crippen molar-refractivity contribution in [2.24, 2.45) is 0 Å². The zero-order valence-electron chi connectivity index (χ0n) is 7.23. The molecule has 0 aromatic heterocycles. The van der Waals surface area contributed by atoms with Gasteiger partial charge in [-0.05, 0) is 29.7 Å². The molecular formula is C12H10O. The zero-order valence-corrected chi connectivity index (χ0v) is 7.23. The van der Waals surface area contributed by atoms with Crippen LogP contribution in [0.15, 0.2) is 59.8 Å². The number of carbonyl (C=O) groups is 1. The Bertz CT molecular complexity index is 376. The minimum absolute atomic E-state index is 0.0665. The lowest BCUT2D eigenvalue weighted by Crippen LogP contribution is -1.92. The molecule has 0 atom stereocenters. The Balaban J connectivity index is 2.46. The van der Waals surface area contributed by atoms with Crippen molar-refractivity contribution in [3.8, 4) is 0 Å². The van der Waals surface area contributed by atoms with Crippen molar-refractivity contribution in [1.29, 1.82) is 0 Å². The van der Waals surface area contributed by atoms with Gasteiger partial charge >= 0.3 is 0 Å². The number of ketones is 1. The van der Waals surface area contributed by atoms with E-state index in [2.05, 4.69) is 6.08 Å². The highest BCUT2D eigenvalue weighted by atomic mass is 16.1. The quantitative estimate of drug-likeness (QED) is 0.546. The Morgan fingerprint density at radius 2 is 1.69 bits per heavy atom. The van der Waals surface area contributed by atoms with Gasteiger partial charge < -0.3 is 0 Å². The molecule has 0 radical (unpaired) electrons. The second-order valence-corrected chi connectivity index (χ2v) is 3.12. The third-order valence-corrected chi connectivity index (χ3v) is 2.04. The highest BCUT2D eigenvalue weighted by Crippen LogP contribution is 2.18. The Labute approximate surface area is 77.5 Å². The van der Waals surface area contributed by atoms with E-state index in [9.17, 15) is 4.79 Å². The van der Waals surface area contributed by atoms with Crippen molar-refractivity contribution in [3.63, 3.8) is 0 Å². The van der Waals surface area contributed by atoms with Crippen LogP contribution in [-0.4, -0.2) is 5.78 Å². The molecule has 1 nitrogen and oxygen atoms in total. The summed E-state index contributed by atoms with van der Waals surface area (Å²) < 4.78 is 0. The molecule has 0 heterocycles. The first kappa shape index (κ1) is 7.99. The van der Waals surface area contributed by atoms with Crippen LogP contribution in [0.5, 0.6) is 0 Å². The predicted octanol–water partition coefficient (Wildman–Crippen LogP) is 2.49. The topological polar surface area (TPSA) is 17.1 Å². The van der Waals surface area contributed by atoms with Gasteiger partial charge in [0.15, 0.2) is 5.78 Å². The normalized spacial score (nSPS) is 20.2. The molecule has 1 heteroatoms. The van der Waals surface area contributed by atoms with E-state index in [0.29, 0.717) is 0 Å². The van der Waals surface area contributed by atoms with E-state index in [0.717, 1.165) is 12.0 Å². The van der Waals surface area contributed by atoms with Crippen LogP contribution in [0.4, 0.5) is 0 Å². The Kier molecular flexibility index (Phi) is 2.09. The average Bonchev–Trinajstić information content (AvgIpc) is 2.28. The largest absolute Gasteiger partial charge is 0.290 e. The van der Waals surface area contributed by atoms with E-state index >= 15 is 0 Å². The molecule has 2 aliphatic carbocycles. The molecule has 0 unspecified atom stereocenters. The molecule has 13 heavy (non-hydrogen) atoms. The first-order chi connectivity index (χ1) is 6.34. The molecular weight excluding hydrogens is 160 g/mol. The van der Waals surface area contributed by atoms with E-state index in [4.69, 9.17) is 0 Å². The summed E-state index contributed by atoms with van der Waals surface area (Å²) in [5.41, 5.74) is 2.31. The summed E-state index contributed by atoms with van der Waals surface area (Å²) in [7, 11) is 0. The van der Waals surface area contributed by atoms with Crippen molar-refractivity contribution in [3.05, 3.63) is 59.8 Å². The van der Waals surface area contributed by atoms with Gasteiger partial charge in [0.2, 0.25) is 0 Å². The van der Waals surface area contributed by atoms with Crippen molar-refractivity contribution < 1.29 is 4.79 Å². The molecule has 0 amide bonds. The summed E-state index contributed by atoms with van der Waals surface area (Å²) in [5.74, 6) is 0.0665. The molecule has 2 bridgehead atoms. The van der Waals surface area contributed by atoms with Gasteiger partial charge in [-0.2, -0.15) is 0 Å². The minimum atomic E-state index is 0.0665. The van der Waals surface area contributed by atoms with E-state index in [1.54, 1.807) is 18.2 Å². The molecule has 0 fully saturated rings. The summed E-state index contributed by atoms with van der Waals surface area (Å²) in [6.07, 6.45) is 15.9. The van der Waals surface area contributed by atoms with Crippen molar-refractivity contribution in [1.82, 2.24) is 0 Å². The smallest absolute Gasteiger partial charge is 0.178 e. The lowest BCUT2D eigenvalue weighted by Gasteiger charge is -2.02. The molecule has 0 aliphatic heterocycles. The summed E-state index contributed by atoms with van der Waals surface area (Å²) in [6, 6.07) is 0. The summed E-state index contributed by atoms with van der Waals surface area (Å²) in [4.78, 5) is 11.2. The molecule has 2 aliphatic rings. The third kappa shape index (κ3) is 1.94. The fourth-order valence-corrected chi connectivity index (χ4v) is 1.42. The lowest BCUT2D eigenvalue weighted by atomic mass is 10.0. The highest BCUT2D eigenvalue weighted by molar-refractivity contribution is 6.00. The van der Waals surface area contributed by atoms with E-state index in [1.165, 1.54) is 5.57 Å². The fourth-order valence-electron chi connectivity index (χ4n) is 1.42. The van der Waals surface area contributed by atoms with E-state index in [1.807, 2.05) is 24.3 Å². The number of allylic oxidation sites excluding steroid dienone is 10. The Morgan fingerprint density at radius 3 is 2.54 bits per heavy atom. The van der Waals surface area contributed by atoms with Gasteiger partial charge in [-0.3, -0.25) is 4.79 Å². The van der Waals surface area contributed by atoms with Gasteiger partial charge in [-0.25, -0.2) is 0 Å². The number of rotatable bonds is 0. The maximum Gasteiger partial charge on any atom is 0.178 e. The second-order valence-electron chi connectivity index (χ2n) is 3.12. The van der Waals surface area contributed by atoms with Crippen LogP contribution in [-0.2, 0) is 4.79 Å². The van der Waals surface area contributed by atoms with Gasteiger partial charge in [-0.15, -0.1) is 0 Å². The van der Waals surface area contributed by atoms with Crippen LogP contribution in [0.2, 0.25) is 0 Å². The van der Waals surface area contributed by atoms with Gasteiger partial charge in [0.25, 0.3) is 0 Å². The van der Waals surface area contributed by atoms with Crippen LogP contribution < -0.4 is 0 Å². The van der Waals surface area contributed by atoms with Crippen LogP contribution in [0.25, 0.3) is 0 Å². The summed E-state index contributed by atoms with van der Waals surface area (Å²) >= 11 is 0. The molecule has 0 N–H and O–H groups in total. The maximum atomic E-state index is 11.2. The van der Waals surface area contributed by atoms with Crippen molar-refractivity contribution >= 4 is 5.78 Å². The van der Waals surface area contributed by atoms with Gasteiger partial charge in [0.05, 0.1) is 0 Å². The van der Waals surface area contributed by atoms with Gasteiger partial charge in [0.1, 0.15) is 0 Å². The average molecular weight is 170 g/mol. The minimum Gasteiger partial charge on any atom is -0.290 e. The summed E-state index contributed by atoms with van der Waals surface area (Å²) in [5, 5.41) is 0. The molecule has 64 valence electrons. The van der Waals surface area contributed by atoms with Crippen LogP contribution in [0, 0.1) is 0 Å². The third-order valence-electron chi connectivity index (χ3n) is 2.04. The van der Waals surface area contributed by atoms with Crippen LogP contribution >= 0.6 is 0 Å². The van der Waals surface area contributed by atoms with Crippen LogP contribution in [0.3, 0.4) is 0 Å². The Hall–Kier alpha value is -1.63. The number of hydrogen-bond acceptors (Lipinski definition) is 1. The Morgan fingerprint density at radius 1 is 0.923 bits per heavy atom. The lowest BCUT2D eigenvalue weighted by molar-refractivity contribution is -0.110. The first-order valence-corrected chi connectivity index (χ1v) is 4.31. The maximum absolute atomic E-state index is 11.2. The summed E-state index contributed by atoms with van der Waals surface area (Å²) in [6.45, 7) is 0. The molecule has 0 saturated carbocycles. The molecule has 0 aromatic carbocycles. The first-order valence-electron chi connectivity index (χ1n) is 4.31. The molecule has 0 spiro atoms. The zero-order chi connectivity index (χ0) is 9.10. The number of hydrogen-bond donors (Lipinski definition) is 0. The SMILES string of the molecule is O=C1C=CC=C2C=CC=CC(=C1)C2. The highest BCUT2D eigenvalue weighted by Gasteiger charge is 2.03. The van der Waals surface area contributed by atoms with E-state index < -0.39 is 0 Å². The predicted molar refractivity (Wildman–Crippen MR) is 53.2 cm³/mol. The monoisotopic (exact) mass is 170 g/mol. The van der Waals surface area contributed by atoms with Crippen molar-refractivity contribution in [2.75, 3.05) is 0 Å². The molecule has 0 aromatic rings.